The van der Waals surface area contributed by atoms with Gasteiger partial charge in [0, 0.05) is 11.9 Å². The van der Waals surface area contributed by atoms with Crippen LogP contribution in [0.1, 0.15) is 15.9 Å². The SMILES string of the molecule is Cc1ccc(C(=O)OCC(=O)Nc2cccc(S(C)(=O)=O)c2)c(O)c1. The smallest absolute Gasteiger partial charge is 0.342 e. The summed E-state index contributed by atoms with van der Waals surface area (Å²) in [6.07, 6.45) is 1.06. The fourth-order valence-corrected chi connectivity index (χ4v) is 2.69. The molecule has 132 valence electrons. The van der Waals surface area contributed by atoms with Crippen molar-refractivity contribution in [3.8, 4) is 5.75 Å². The largest absolute Gasteiger partial charge is 0.507 e. The number of anilines is 1. The number of amides is 1. The monoisotopic (exact) mass is 363 g/mol. The number of rotatable bonds is 5. The number of carbonyl (C=O) groups is 2. The highest BCUT2D eigenvalue weighted by Gasteiger charge is 2.15. The van der Waals surface area contributed by atoms with E-state index in [1.165, 1.54) is 36.4 Å². The number of nitrogens with one attached hydrogen (secondary N) is 1. The number of hydrogen-bond acceptors (Lipinski definition) is 6. The second-order valence-corrected chi connectivity index (χ2v) is 7.46. The van der Waals surface area contributed by atoms with Crippen molar-refractivity contribution in [3.63, 3.8) is 0 Å². The number of sulfone groups is 1. The van der Waals surface area contributed by atoms with E-state index in [0.717, 1.165) is 11.8 Å². The molecule has 1 amide bonds. The van der Waals surface area contributed by atoms with Gasteiger partial charge in [0.2, 0.25) is 0 Å². The van der Waals surface area contributed by atoms with E-state index in [-0.39, 0.29) is 21.9 Å². The van der Waals surface area contributed by atoms with Gasteiger partial charge in [-0.2, -0.15) is 0 Å². The Labute approximate surface area is 145 Å². The molecule has 0 atom stereocenters. The van der Waals surface area contributed by atoms with Crippen LogP contribution in [0, 0.1) is 6.92 Å². The van der Waals surface area contributed by atoms with E-state index in [1.807, 2.05) is 0 Å². The molecule has 0 heterocycles. The van der Waals surface area contributed by atoms with Crippen LogP contribution in [-0.4, -0.2) is 38.3 Å². The third kappa shape index (κ3) is 5.05. The van der Waals surface area contributed by atoms with Crippen LogP contribution < -0.4 is 5.32 Å². The zero-order valence-corrected chi connectivity index (χ0v) is 14.5. The number of aryl methyl sites for hydroxylation is 1. The van der Waals surface area contributed by atoms with E-state index in [0.29, 0.717) is 0 Å². The lowest BCUT2D eigenvalue weighted by atomic mass is 10.1. The molecule has 2 aromatic rings. The number of aromatic hydroxyl groups is 1. The van der Waals surface area contributed by atoms with Crippen LogP contribution in [0.4, 0.5) is 5.69 Å². The lowest BCUT2D eigenvalue weighted by Gasteiger charge is -2.08. The van der Waals surface area contributed by atoms with Gasteiger partial charge in [-0.25, -0.2) is 13.2 Å². The Morgan fingerprint density at radius 1 is 1.16 bits per heavy atom. The Morgan fingerprint density at radius 2 is 1.88 bits per heavy atom. The third-order valence-electron chi connectivity index (χ3n) is 3.25. The summed E-state index contributed by atoms with van der Waals surface area (Å²) in [5, 5.41) is 12.2. The molecule has 0 saturated heterocycles. The molecule has 8 heteroatoms. The summed E-state index contributed by atoms with van der Waals surface area (Å²) in [5.41, 5.74) is 0.997. The number of hydrogen-bond donors (Lipinski definition) is 2. The number of esters is 1. The van der Waals surface area contributed by atoms with E-state index in [2.05, 4.69) is 5.32 Å². The van der Waals surface area contributed by atoms with E-state index in [1.54, 1.807) is 13.0 Å². The minimum absolute atomic E-state index is 0.0440. The lowest BCUT2D eigenvalue weighted by molar-refractivity contribution is -0.119. The zero-order valence-electron chi connectivity index (χ0n) is 13.6. The minimum atomic E-state index is -3.40. The molecule has 0 bridgehead atoms. The van der Waals surface area contributed by atoms with Crippen molar-refractivity contribution >= 4 is 27.4 Å². The fourth-order valence-electron chi connectivity index (χ4n) is 2.02. The Hall–Kier alpha value is -2.87. The highest BCUT2D eigenvalue weighted by atomic mass is 32.2. The third-order valence-corrected chi connectivity index (χ3v) is 4.36. The van der Waals surface area contributed by atoms with Crippen LogP contribution in [0.2, 0.25) is 0 Å². The average molecular weight is 363 g/mol. The number of ether oxygens (including phenoxy) is 1. The first-order valence-electron chi connectivity index (χ1n) is 7.23. The van der Waals surface area contributed by atoms with E-state index >= 15 is 0 Å². The highest BCUT2D eigenvalue weighted by Crippen LogP contribution is 2.19. The minimum Gasteiger partial charge on any atom is -0.507 e. The predicted molar refractivity (Wildman–Crippen MR) is 91.3 cm³/mol. The molecule has 0 spiro atoms. The quantitative estimate of drug-likeness (QED) is 0.785. The van der Waals surface area contributed by atoms with E-state index in [9.17, 15) is 23.1 Å². The van der Waals surface area contributed by atoms with Gasteiger partial charge in [-0.1, -0.05) is 12.1 Å². The standard InChI is InChI=1S/C17H17NO6S/c1-11-6-7-14(15(19)8-11)17(21)24-10-16(20)18-12-4-3-5-13(9-12)25(2,22)23/h3-9,19H,10H2,1-2H3,(H,18,20). The summed E-state index contributed by atoms with van der Waals surface area (Å²) in [4.78, 5) is 23.8. The number of carbonyl (C=O) groups excluding carboxylic acids is 2. The molecule has 7 nitrogen and oxygen atoms in total. The topological polar surface area (TPSA) is 110 Å². The molecule has 0 aliphatic heterocycles. The number of benzene rings is 2. The maximum Gasteiger partial charge on any atom is 0.342 e. The molecule has 0 aliphatic carbocycles. The Balaban J connectivity index is 1.98. The summed E-state index contributed by atoms with van der Waals surface area (Å²) >= 11 is 0. The number of phenols is 1. The summed E-state index contributed by atoms with van der Waals surface area (Å²) in [5.74, 6) is -1.70. The van der Waals surface area contributed by atoms with Crippen LogP contribution in [-0.2, 0) is 19.4 Å². The summed E-state index contributed by atoms with van der Waals surface area (Å²) in [7, 11) is -3.40. The zero-order chi connectivity index (χ0) is 18.6. The Kier molecular flexibility index (Phi) is 5.43. The van der Waals surface area contributed by atoms with Gasteiger partial charge in [-0.3, -0.25) is 4.79 Å². The van der Waals surface area contributed by atoms with Crippen molar-refractivity contribution < 1.29 is 27.9 Å². The van der Waals surface area contributed by atoms with Crippen molar-refractivity contribution in [3.05, 3.63) is 53.6 Å². The van der Waals surface area contributed by atoms with E-state index in [4.69, 9.17) is 4.74 Å². The molecule has 0 aromatic heterocycles. The summed E-state index contributed by atoms with van der Waals surface area (Å²) in [6, 6.07) is 10.2. The van der Waals surface area contributed by atoms with Crippen LogP contribution >= 0.6 is 0 Å². The molecule has 25 heavy (non-hydrogen) atoms. The van der Waals surface area contributed by atoms with Crippen molar-refractivity contribution in [2.24, 2.45) is 0 Å². The van der Waals surface area contributed by atoms with Crippen molar-refractivity contribution in [2.45, 2.75) is 11.8 Å². The second kappa shape index (κ2) is 7.35. The molecule has 2 N–H and O–H groups in total. The molecule has 0 saturated carbocycles. The molecular weight excluding hydrogens is 346 g/mol. The van der Waals surface area contributed by atoms with Gasteiger partial charge in [0.05, 0.1) is 4.90 Å². The van der Waals surface area contributed by atoms with E-state index < -0.39 is 28.3 Å². The van der Waals surface area contributed by atoms with Crippen molar-refractivity contribution in [2.75, 3.05) is 18.2 Å². The molecule has 0 radical (unpaired) electrons. The van der Waals surface area contributed by atoms with Gasteiger partial charge in [0.25, 0.3) is 5.91 Å². The van der Waals surface area contributed by atoms with Gasteiger partial charge in [0.1, 0.15) is 11.3 Å². The number of phenolic OH excluding ortho intramolecular Hbond substituents is 1. The highest BCUT2D eigenvalue weighted by molar-refractivity contribution is 7.90. The average Bonchev–Trinajstić information content (AvgIpc) is 2.52. The van der Waals surface area contributed by atoms with Crippen molar-refractivity contribution in [1.29, 1.82) is 0 Å². The van der Waals surface area contributed by atoms with Gasteiger partial charge in [-0.05, 0) is 42.8 Å². The summed E-state index contributed by atoms with van der Waals surface area (Å²) < 4.78 is 27.8. The molecular formula is C17H17NO6S. The molecule has 0 fully saturated rings. The molecule has 2 aromatic carbocycles. The molecule has 0 aliphatic rings. The van der Waals surface area contributed by atoms with Crippen molar-refractivity contribution in [1.82, 2.24) is 0 Å². The summed E-state index contributed by atoms with van der Waals surface area (Å²) in [6.45, 7) is 1.18. The van der Waals surface area contributed by atoms with Gasteiger partial charge >= 0.3 is 5.97 Å². The maximum absolute atomic E-state index is 11.9. The fraction of sp³-hybridized carbons (Fsp3) is 0.176. The first kappa shape index (κ1) is 18.5. The van der Waals surface area contributed by atoms with Gasteiger partial charge < -0.3 is 15.2 Å². The van der Waals surface area contributed by atoms with Gasteiger partial charge in [-0.15, -0.1) is 0 Å². The predicted octanol–water partition coefficient (Wildman–Crippen LogP) is 1.90. The van der Waals surface area contributed by atoms with Crippen LogP contribution in [0.25, 0.3) is 0 Å². The molecule has 2 rings (SSSR count). The first-order valence-corrected chi connectivity index (χ1v) is 9.12. The Morgan fingerprint density at radius 3 is 2.52 bits per heavy atom. The molecule has 0 unspecified atom stereocenters. The van der Waals surface area contributed by atoms with Crippen LogP contribution in [0.15, 0.2) is 47.4 Å². The maximum atomic E-state index is 11.9. The second-order valence-electron chi connectivity index (χ2n) is 5.44. The Bertz CT molecular complexity index is 920. The van der Waals surface area contributed by atoms with Gasteiger partial charge in [0.15, 0.2) is 16.4 Å². The van der Waals surface area contributed by atoms with Crippen LogP contribution in [0.5, 0.6) is 5.75 Å². The first-order chi connectivity index (χ1) is 11.7. The lowest BCUT2D eigenvalue weighted by Crippen LogP contribution is -2.21. The van der Waals surface area contributed by atoms with Crippen LogP contribution in [0.3, 0.4) is 0 Å². The normalized spacial score (nSPS) is 11.0.